The molecule has 14 nitrogen and oxygen atoms in total. The Hall–Kier alpha value is -2.80. The minimum Gasteiger partial charge on any atom is -0.477 e. The number of thioether (sulfide) groups is 2. The second kappa shape index (κ2) is 11.3. The van der Waals surface area contributed by atoms with Gasteiger partial charge in [0.2, 0.25) is 11.5 Å². The van der Waals surface area contributed by atoms with Crippen molar-refractivity contribution in [1.82, 2.24) is 29.8 Å². The van der Waals surface area contributed by atoms with Gasteiger partial charge in [0, 0.05) is 23.0 Å². The summed E-state index contributed by atoms with van der Waals surface area (Å²) in [4.78, 5) is 48.2. The summed E-state index contributed by atoms with van der Waals surface area (Å²) in [5.41, 5.74) is 12.9. The Morgan fingerprint density at radius 1 is 1.43 bits per heavy atom. The van der Waals surface area contributed by atoms with Gasteiger partial charge in [-0.05, 0) is 18.5 Å². The third-order valence-corrected chi connectivity index (χ3v) is 8.54. The average molecular weight is 558 g/mol. The van der Waals surface area contributed by atoms with Crippen molar-refractivity contribution in [3.8, 4) is 0 Å². The van der Waals surface area contributed by atoms with E-state index in [1.807, 2.05) is 0 Å². The molecule has 6 N–H and O–H groups in total. The molecule has 2 aliphatic rings. The topological polar surface area (TPSA) is 212 Å². The fourth-order valence-electron chi connectivity index (χ4n) is 3.15. The maximum Gasteiger partial charge on any atom is 0.352 e. The number of nitrogens with zero attached hydrogens (tertiary/aromatic N) is 6. The van der Waals surface area contributed by atoms with Crippen molar-refractivity contribution in [1.29, 1.82) is 0 Å². The van der Waals surface area contributed by atoms with Gasteiger partial charge in [0.05, 0.1) is 0 Å². The molecule has 0 radical (unpaired) electrons. The van der Waals surface area contributed by atoms with Gasteiger partial charge in [-0.25, -0.2) is 4.79 Å². The lowest BCUT2D eigenvalue weighted by Crippen LogP contribution is -2.71. The van der Waals surface area contributed by atoms with Crippen molar-refractivity contribution < 1.29 is 24.3 Å². The highest BCUT2D eigenvalue weighted by Crippen LogP contribution is 2.41. The van der Waals surface area contributed by atoms with E-state index in [0.29, 0.717) is 34.4 Å². The number of β-lactam (4-membered cyclic amide) rings is 1. The fraction of sp³-hybridized carbons (Fsp3) is 0.412. The van der Waals surface area contributed by atoms with E-state index in [1.54, 1.807) is 5.51 Å². The summed E-state index contributed by atoms with van der Waals surface area (Å²) in [5, 5.41) is 23.5. The molecular formula is C17H19N9O5S4. The SMILES string of the molecule is NCCCO/N=C(/C(=O)NC1C(=O)N2C(C(=O)O)=C(CSc3nncs3)CSC12)c1nsc(N)n1. The molecule has 0 saturated carbocycles. The lowest BCUT2D eigenvalue weighted by Gasteiger charge is -2.49. The number of carbonyl (C=O) groups excluding carboxylic acids is 2. The summed E-state index contributed by atoms with van der Waals surface area (Å²) in [6.07, 6.45) is 0.518. The first-order chi connectivity index (χ1) is 16.9. The molecule has 2 unspecified atom stereocenters. The second-order valence-electron chi connectivity index (χ2n) is 6.98. The van der Waals surface area contributed by atoms with E-state index in [4.69, 9.17) is 16.3 Å². The van der Waals surface area contributed by atoms with Crippen molar-refractivity contribution in [3.05, 3.63) is 22.6 Å². The van der Waals surface area contributed by atoms with E-state index in [0.717, 1.165) is 11.5 Å². The molecule has 35 heavy (non-hydrogen) atoms. The highest BCUT2D eigenvalue weighted by Gasteiger charge is 2.54. The van der Waals surface area contributed by atoms with Crippen LogP contribution in [0.2, 0.25) is 0 Å². The Bertz CT molecular complexity index is 1170. The summed E-state index contributed by atoms with van der Waals surface area (Å²) in [7, 11) is 0. The highest BCUT2D eigenvalue weighted by atomic mass is 32.2. The zero-order valence-corrected chi connectivity index (χ0v) is 21.1. The monoisotopic (exact) mass is 557 g/mol. The predicted octanol–water partition coefficient (Wildman–Crippen LogP) is -0.428. The normalized spacial score (nSPS) is 19.9. The quantitative estimate of drug-likeness (QED) is 0.0909. The molecule has 1 fully saturated rings. The van der Waals surface area contributed by atoms with Crippen LogP contribution < -0.4 is 16.8 Å². The van der Waals surface area contributed by atoms with Gasteiger partial charge < -0.3 is 26.7 Å². The number of nitrogen functional groups attached to an aromatic ring is 1. The minimum absolute atomic E-state index is 0.0419. The molecule has 0 bridgehead atoms. The molecule has 2 aliphatic heterocycles. The summed E-state index contributed by atoms with van der Waals surface area (Å²) in [5.74, 6) is -1.81. The summed E-state index contributed by atoms with van der Waals surface area (Å²) < 4.78 is 4.69. The number of hydrogen-bond donors (Lipinski definition) is 4. The number of hydrogen-bond acceptors (Lipinski definition) is 15. The van der Waals surface area contributed by atoms with Crippen molar-refractivity contribution in [2.24, 2.45) is 10.9 Å². The van der Waals surface area contributed by atoms with Crippen LogP contribution in [-0.2, 0) is 19.2 Å². The number of nitrogens with two attached hydrogens (primary N) is 2. The Labute approximate surface area is 214 Å². The molecule has 4 heterocycles. The summed E-state index contributed by atoms with van der Waals surface area (Å²) in [6, 6.07) is -0.954. The summed E-state index contributed by atoms with van der Waals surface area (Å²) in [6.45, 7) is 0.553. The molecule has 1 saturated heterocycles. The molecule has 0 aliphatic carbocycles. The Kier molecular flexibility index (Phi) is 8.16. The van der Waals surface area contributed by atoms with E-state index in [9.17, 15) is 19.5 Å². The molecule has 2 atom stereocenters. The van der Waals surface area contributed by atoms with Crippen LogP contribution in [0.15, 0.2) is 26.3 Å². The van der Waals surface area contributed by atoms with E-state index in [2.05, 4.69) is 30.0 Å². The molecule has 4 rings (SSSR count). The number of amides is 2. The van der Waals surface area contributed by atoms with Crippen LogP contribution in [0.25, 0.3) is 0 Å². The number of aromatic nitrogens is 4. The smallest absolute Gasteiger partial charge is 0.352 e. The fourth-order valence-corrected chi connectivity index (χ4v) is 6.56. The average Bonchev–Trinajstić information content (AvgIpc) is 3.52. The van der Waals surface area contributed by atoms with Crippen LogP contribution in [-0.4, -0.2) is 89.1 Å². The third kappa shape index (κ3) is 5.56. The molecule has 186 valence electrons. The first-order valence-corrected chi connectivity index (χ1v) is 13.7. The van der Waals surface area contributed by atoms with Gasteiger partial charge in [0.25, 0.3) is 11.8 Å². The third-order valence-electron chi connectivity index (χ3n) is 4.71. The van der Waals surface area contributed by atoms with Crippen LogP contribution >= 0.6 is 46.4 Å². The van der Waals surface area contributed by atoms with E-state index in [1.165, 1.54) is 39.8 Å². The minimum atomic E-state index is -1.21. The molecule has 2 aromatic heterocycles. The number of rotatable bonds is 11. The van der Waals surface area contributed by atoms with Gasteiger partial charge in [-0.15, -0.1) is 22.0 Å². The zero-order valence-electron chi connectivity index (χ0n) is 17.8. The van der Waals surface area contributed by atoms with Crippen molar-refractivity contribution >= 4 is 75.0 Å². The van der Waals surface area contributed by atoms with E-state index in [-0.39, 0.29) is 29.0 Å². The highest BCUT2D eigenvalue weighted by molar-refractivity contribution is 8.01. The van der Waals surface area contributed by atoms with E-state index < -0.39 is 29.2 Å². The van der Waals surface area contributed by atoms with Crippen LogP contribution in [0.5, 0.6) is 0 Å². The standard InChI is InChI=1S/C17H19N9O5S4/c18-2-1-3-31-24-8(11-22-16(19)35-25-11)12(27)21-9-13(28)26-10(15(29)30)7(4-32-14(9)26)5-33-17-23-20-6-34-17/h6,9,14H,1-5,18H2,(H,21,27)(H,29,30)(H2,19,22,25)/b24-8+. The number of carbonyl (C=O) groups is 3. The largest absolute Gasteiger partial charge is 0.477 e. The maximum absolute atomic E-state index is 13.0. The molecular weight excluding hydrogens is 539 g/mol. The van der Waals surface area contributed by atoms with Gasteiger partial charge in [0.15, 0.2) is 9.47 Å². The lowest BCUT2D eigenvalue weighted by molar-refractivity contribution is -0.150. The Balaban J connectivity index is 1.47. The van der Waals surface area contributed by atoms with Crippen molar-refractivity contribution in [2.45, 2.75) is 22.2 Å². The molecule has 0 aromatic carbocycles. The first-order valence-electron chi connectivity index (χ1n) is 10.00. The van der Waals surface area contributed by atoms with Crippen LogP contribution in [0.1, 0.15) is 12.2 Å². The number of oxime groups is 1. The Morgan fingerprint density at radius 3 is 2.91 bits per heavy atom. The van der Waals surface area contributed by atoms with Crippen molar-refractivity contribution in [2.75, 3.05) is 30.4 Å². The van der Waals surface area contributed by atoms with Gasteiger partial charge >= 0.3 is 5.97 Å². The van der Waals surface area contributed by atoms with E-state index >= 15 is 0 Å². The van der Waals surface area contributed by atoms with Gasteiger partial charge in [-0.3, -0.25) is 14.5 Å². The molecule has 18 heteroatoms. The predicted molar refractivity (Wildman–Crippen MR) is 131 cm³/mol. The van der Waals surface area contributed by atoms with Crippen LogP contribution in [0.4, 0.5) is 5.13 Å². The zero-order chi connectivity index (χ0) is 24.9. The number of aliphatic carboxylic acids is 1. The number of carboxylic acid groups (broad SMARTS) is 1. The second-order valence-corrected chi connectivity index (χ2v) is 10.9. The van der Waals surface area contributed by atoms with Crippen molar-refractivity contribution in [3.63, 3.8) is 0 Å². The number of nitrogens with one attached hydrogen (secondary N) is 1. The summed E-state index contributed by atoms with van der Waals surface area (Å²) >= 11 is 4.93. The number of carboxylic acids is 1. The molecule has 2 amide bonds. The number of fused-ring (bicyclic) bond motifs is 1. The van der Waals surface area contributed by atoms with Gasteiger partial charge in [-0.2, -0.15) is 9.36 Å². The molecule has 2 aromatic rings. The first kappa shape index (κ1) is 25.3. The Morgan fingerprint density at radius 2 is 2.26 bits per heavy atom. The van der Waals surface area contributed by atoms with Crippen LogP contribution in [0, 0.1) is 0 Å². The molecule has 0 spiro atoms. The van der Waals surface area contributed by atoms with Gasteiger partial charge in [0.1, 0.15) is 29.2 Å². The lowest BCUT2D eigenvalue weighted by atomic mass is 10.0. The number of anilines is 1. The van der Waals surface area contributed by atoms with Gasteiger partial charge in [-0.1, -0.05) is 28.3 Å². The van der Waals surface area contributed by atoms with Crippen LogP contribution in [0.3, 0.4) is 0 Å². The maximum atomic E-state index is 13.0.